The van der Waals surface area contributed by atoms with Gasteiger partial charge < -0.3 is 18.9 Å². The summed E-state index contributed by atoms with van der Waals surface area (Å²) in [5, 5.41) is 0. The van der Waals surface area contributed by atoms with E-state index >= 15 is 0 Å². The highest BCUT2D eigenvalue weighted by Gasteiger charge is 2.15. The lowest BCUT2D eigenvalue weighted by atomic mass is 10.2. The van der Waals surface area contributed by atoms with Crippen LogP contribution in [-0.4, -0.2) is 42.5 Å². The Kier molecular flexibility index (Phi) is 7.97. The van der Waals surface area contributed by atoms with Gasteiger partial charge in [0, 0.05) is 13.7 Å². The van der Waals surface area contributed by atoms with Crippen molar-refractivity contribution < 1.29 is 36.1 Å². The molecule has 10 heteroatoms. The monoisotopic (exact) mass is 417 g/mol. The summed E-state index contributed by atoms with van der Waals surface area (Å²) in [5.41, 5.74) is 0.515. The zero-order valence-corrected chi connectivity index (χ0v) is 16.2. The molecular formula is C18H21F2NO6S. The maximum Gasteiger partial charge on any atom is 0.387 e. The third-order valence-electron chi connectivity index (χ3n) is 3.60. The predicted molar refractivity (Wildman–Crippen MR) is 97.5 cm³/mol. The first-order valence-corrected chi connectivity index (χ1v) is 9.67. The molecule has 0 saturated heterocycles. The smallest absolute Gasteiger partial charge is 0.387 e. The summed E-state index contributed by atoms with van der Waals surface area (Å²) in [6.45, 7) is -2.26. The van der Waals surface area contributed by atoms with E-state index in [1.807, 2.05) is 0 Å². The van der Waals surface area contributed by atoms with Crippen LogP contribution in [0.3, 0.4) is 0 Å². The second-order valence-electron chi connectivity index (χ2n) is 5.50. The van der Waals surface area contributed by atoms with E-state index in [9.17, 15) is 17.2 Å². The molecule has 0 saturated carbocycles. The van der Waals surface area contributed by atoms with E-state index in [1.165, 1.54) is 37.4 Å². The van der Waals surface area contributed by atoms with Crippen LogP contribution in [0.5, 0.6) is 17.2 Å². The Bertz CT molecular complexity index is 859. The van der Waals surface area contributed by atoms with Crippen molar-refractivity contribution in [3.05, 3.63) is 48.0 Å². The Morgan fingerprint density at radius 2 is 1.71 bits per heavy atom. The molecule has 0 aliphatic rings. The number of nitrogens with one attached hydrogen (secondary N) is 1. The van der Waals surface area contributed by atoms with Crippen LogP contribution in [0.15, 0.2) is 47.4 Å². The van der Waals surface area contributed by atoms with E-state index in [0.29, 0.717) is 24.5 Å². The molecule has 0 fully saturated rings. The van der Waals surface area contributed by atoms with Gasteiger partial charge in [-0.05, 0) is 42.0 Å². The lowest BCUT2D eigenvalue weighted by Gasteiger charge is -2.12. The molecule has 1 N–H and O–H groups in total. The molecule has 0 spiro atoms. The zero-order chi connectivity index (χ0) is 20.6. The van der Waals surface area contributed by atoms with Gasteiger partial charge in [0.1, 0.15) is 12.4 Å². The van der Waals surface area contributed by atoms with Gasteiger partial charge in [-0.2, -0.15) is 8.78 Å². The van der Waals surface area contributed by atoms with E-state index in [-0.39, 0.29) is 22.9 Å². The molecule has 0 amide bonds. The number of hydrogen-bond acceptors (Lipinski definition) is 6. The van der Waals surface area contributed by atoms with Crippen molar-refractivity contribution in [2.45, 2.75) is 18.1 Å². The molecule has 0 heterocycles. The Balaban J connectivity index is 2.02. The van der Waals surface area contributed by atoms with E-state index < -0.39 is 16.6 Å². The molecule has 0 aromatic heterocycles. The largest absolute Gasteiger partial charge is 0.493 e. The van der Waals surface area contributed by atoms with E-state index in [1.54, 1.807) is 19.2 Å². The first-order valence-electron chi connectivity index (χ1n) is 8.19. The lowest BCUT2D eigenvalue weighted by molar-refractivity contribution is -0.0512. The molecule has 0 unspecified atom stereocenters. The van der Waals surface area contributed by atoms with Crippen molar-refractivity contribution >= 4 is 10.0 Å². The average Bonchev–Trinajstić information content (AvgIpc) is 2.67. The summed E-state index contributed by atoms with van der Waals surface area (Å²) in [5.74, 6) is 0.470. The Hall–Kier alpha value is -2.43. The van der Waals surface area contributed by atoms with Crippen molar-refractivity contribution in [3.63, 3.8) is 0 Å². The third-order valence-corrected chi connectivity index (χ3v) is 5.02. The van der Waals surface area contributed by atoms with Gasteiger partial charge in [-0.3, -0.25) is 0 Å². The Morgan fingerprint density at radius 3 is 2.32 bits per heavy atom. The Labute approximate surface area is 162 Å². The highest BCUT2D eigenvalue weighted by atomic mass is 32.2. The van der Waals surface area contributed by atoms with Gasteiger partial charge in [0.25, 0.3) is 0 Å². The summed E-state index contributed by atoms with van der Waals surface area (Å²) in [4.78, 5) is 0.0659. The van der Waals surface area contributed by atoms with Crippen LogP contribution < -0.4 is 18.9 Å². The van der Waals surface area contributed by atoms with Gasteiger partial charge in [0.15, 0.2) is 11.5 Å². The van der Waals surface area contributed by atoms with Crippen molar-refractivity contribution in [3.8, 4) is 17.2 Å². The summed E-state index contributed by atoms with van der Waals surface area (Å²) in [7, 11) is -0.913. The number of methoxy groups -OCH3 is 2. The summed E-state index contributed by atoms with van der Waals surface area (Å²) in [6.07, 6.45) is 0. The van der Waals surface area contributed by atoms with Crippen LogP contribution in [-0.2, 0) is 21.3 Å². The van der Waals surface area contributed by atoms with Gasteiger partial charge in [-0.1, -0.05) is 6.07 Å². The average molecular weight is 417 g/mol. The third kappa shape index (κ3) is 6.32. The fourth-order valence-electron chi connectivity index (χ4n) is 2.23. The maximum absolute atomic E-state index is 12.4. The molecular weight excluding hydrogens is 396 g/mol. The highest BCUT2D eigenvalue weighted by molar-refractivity contribution is 7.89. The van der Waals surface area contributed by atoms with Crippen LogP contribution in [0, 0.1) is 0 Å². The van der Waals surface area contributed by atoms with Crippen LogP contribution >= 0.6 is 0 Å². The minimum Gasteiger partial charge on any atom is -0.493 e. The molecule has 2 rings (SSSR count). The van der Waals surface area contributed by atoms with E-state index in [4.69, 9.17) is 14.2 Å². The van der Waals surface area contributed by atoms with Crippen molar-refractivity contribution in [1.29, 1.82) is 0 Å². The number of rotatable bonds is 11. The van der Waals surface area contributed by atoms with Gasteiger partial charge in [-0.25, -0.2) is 13.1 Å². The van der Waals surface area contributed by atoms with E-state index in [2.05, 4.69) is 9.46 Å². The van der Waals surface area contributed by atoms with Gasteiger partial charge in [0.2, 0.25) is 10.0 Å². The molecule has 0 radical (unpaired) electrons. The second-order valence-corrected chi connectivity index (χ2v) is 7.27. The Morgan fingerprint density at radius 1 is 1.00 bits per heavy atom. The van der Waals surface area contributed by atoms with Crippen molar-refractivity contribution in [2.75, 3.05) is 27.4 Å². The molecule has 0 bridgehead atoms. The molecule has 154 valence electrons. The number of ether oxygens (including phenoxy) is 4. The van der Waals surface area contributed by atoms with Crippen LogP contribution in [0.1, 0.15) is 5.56 Å². The molecule has 28 heavy (non-hydrogen) atoms. The molecule has 0 aliphatic heterocycles. The second kappa shape index (κ2) is 10.2. The summed E-state index contributed by atoms with van der Waals surface area (Å²) in [6, 6.07) is 10.1. The van der Waals surface area contributed by atoms with E-state index in [0.717, 1.165) is 0 Å². The van der Waals surface area contributed by atoms with Crippen LogP contribution in [0.4, 0.5) is 8.78 Å². The molecule has 2 aromatic carbocycles. The molecule has 7 nitrogen and oxygen atoms in total. The predicted octanol–water partition coefficient (Wildman–Crippen LogP) is 2.80. The van der Waals surface area contributed by atoms with Gasteiger partial charge in [-0.15, -0.1) is 0 Å². The maximum atomic E-state index is 12.4. The van der Waals surface area contributed by atoms with Gasteiger partial charge in [0.05, 0.1) is 18.6 Å². The standard InChI is InChI=1S/C18H21F2NO6S/c1-24-9-10-26-14-4-6-15(7-5-14)28(22,23)21-12-13-3-8-16(27-18(19)20)17(11-13)25-2/h3-8,11,18,21H,9-10,12H2,1-2H3. The first-order chi connectivity index (χ1) is 13.4. The van der Waals surface area contributed by atoms with Crippen molar-refractivity contribution in [1.82, 2.24) is 4.72 Å². The van der Waals surface area contributed by atoms with Crippen molar-refractivity contribution in [2.24, 2.45) is 0 Å². The number of alkyl halides is 2. The zero-order valence-electron chi connectivity index (χ0n) is 15.4. The number of benzene rings is 2. The first kappa shape index (κ1) is 21.9. The summed E-state index contributed by atoms with van der Waals surface area (Å²) >= 11 is 0. The van der Waals surface area contributed by atoms with Crippen LogP contribution in [0.25, 0.3) is 0 Å². The SMILES string of the molecule is COCCOc1ccc(S(=O)(=O)NCc2ccc(OC(F)F)c(OC)c2)cc1. The fourth-order valence-corrected chi connectivity index (χ4v) is 3.25. The molecule has 0 aliphatic carbocycles. The lowest BCUT2D eigenvalue weighted by Crippen LogP contribution is -2.23. The highest BCUT2D eigenvalue weighted by Crippen LogP contribution is 2.29. The number of halogens is 2. The minimum atomic E-state index is -3.77. The summed E-state index contributed by atoms with van der Waals surface area (Å²) < 4.78 is 71.6. The van der Waals surface area contributed by atoms with Crippen LogP contribution in [0.2, 0.25) is 0 Å². The molecule has 0 atom stereocenters. The van der Waals surface area contributed by atoms with Gasteiger partial charge >= 0.3 is 6.61 Å². The molecule has 2 aromatic rings. The fraction of sp³-hybridized carbons (Fsp3) is 0.333. The number of hydrogen-bond donors (Lipinski definition) is 1. The minimum absolute atomic E-state index is 0.0558. The number of sulfonamides is 1. The normalized spacial score (nSPS) is 11.5. The topological polar surface area (TPSA) is 83.1 Å². The quantitative estimate of drug-likeness (QED) is 0.566.